The minimum Gasteiger partial charge on any atom is -0.392 e. The third-order valence-electron chi connectivity index (χ3n) is 4.50. The standard InChI is InChI=1S/C14H26N2S/c1-10-7-11(2)9-12(8-10)16-6-4-3-5-13(16)14(15)17/h10-13H,3-9H2,1-2H3,(H2,15,17). The van der Waals surface area contributed by atoms with E-state index in [-0.39, 0.29) is 0 Å². The van der Waals surface area contributed by atoms with Gasteiger partial charge in [-0.05, 0) is 50.5 Å². The molecule has 17 heavy (non-hydrogen) atoms. The van der Waals surface area contributed by atoms with E-state index in [2.05, 4.69) is 18.7 Å². The third kappa shape index (κ3) is 3.19. The average Bonchev–Trinajstić information content (AvgIpc) is 2.27. The van der Waals surface area contributed by atoms with Gasteiger partial charge in [-0.1, -0.05) is 32.5 Å². The molecular weight excluding hydrogens is 228 g/mol. The van der Waals surface area contributed by atoms with Crippen LogP contribution in [0.1, 0.15) is 52.4 Å². The summed E-state index contributed by atoms with van der Waals surface area (Å²) in [6.45, 7) is 5.98. The normalized spacial score (nSPS) is 40.1. The number of hydrogen-bond donors (Lipinski definition) is 1. The lowest BCUT2D eigenvalue weighted by Crippen LogP contribution is -2.53. The summed E-state index contributed by atoms with van der Waals surface area (Å²) in [4.78, 5) is 3.34. The fourth-order valence-corrected chi connectivity index (χ4v) is 4.12. The second-order valence-electron chi connectivity index (χ2n) is 6.22. The summed E-state index contributed by atoms with van der Waals surface area (Å²) in [5.74, 6) is 1.72. The average molecular weight is 254 g/mol. The van der Waals surface area contributed by atoms with Gasteiger partial charge in [-0.3, -0.25) is 4.90 Å². The van der Waals surface area contributed by atoms with E-state index in [0.717, 1.165) is 22.9 Å². The summed E-state index contributed by atoms with van der Waals surface area (Å²) >= 11 is 5.26. The van der Waals surface area contributed by atoms with Crippen molar-refractivity contribution in [1.29, 1.82) is 0 Å². The van der Waals surface area contributed by atoms with Crippen LogP contribution in [-0.2, 0) is 0 Å². The van der Waals surface area contributed by atoms with Gasteiger partial charge < -0.3 is 5.73 Å². The molecule has 3 atom stereocenters. The summed E-state index contributed by atoms with van der Waals surface area (Å²) < 4.78 is 0. The summed E-state index contributed by atoms with van der Waals surface area (Å²) in [7, 11) is 0. The summed E-state index contributed by atoms with van der Waals surface area (Å²) in [6.07, 6.45) is 7.85. The summed E-state index contributed by atoms with van der Waals surface area (Å²) in [5, 5.41) is 0. The zero-order valence-corrected chi connectivity index (χ0v) is 12.0. The zero-order chi connectivity index (χ0) is 12.4. The van der Waals surface area contributed by atoms with Gasteiger partial charge in [-0.2, -0.15) is 0 Å². The molecule has 1 aliphatic heterocycles. The van der Waals surface area contributed by atoms with Gasteiger partial charge in [0, 0.05) is 6.04 Å². The zero-order valence-electron chi connectivity index (χ0n) is 11.2. The van der Waals surface area contributed by atoms with Gasteiger partial charge in [-0.25, -0.2) is 0 Å². The molecule has 0 radical (unpaired) electrons. The smallest absolute Gasteiger partial charge is 0.0902 e. The Morgan fingerprint density at radius 2 is 1.76 bits per heavy atom. The molecule has 0 aromatic rings. The van der Waals surface area contributed by atoms with E-state index < -0.39 is 0 Å². The Kier molecular flexibility index (Phi) is 4.42. The molecule has 2 fully saturated rings. The first-order valence-corrected chi connectivity index (χ1v) is 7.53. The number of piperidine rings is 1. The van der Waals surface area contributed by atoms with Crippen LogP contribution in [0.25, 0.3) is 0 Å². The molecule has 3 heteroatoms. The van der Waals surface area contributed by atoms with Crippen LogP contribution in [0.5, 0.6) is 0 Å². The van der Waals surface area contributed by atoms with Crippen LogP contribution in [0.2, 0.25) is 0 Å². The minimum absolute atomic E-state index is 0.376. The number of hydrogen-bond acceptors (Lipinski definition) is 2. The Labute approximate surface area is 111 Å². The molecular formula is C14H26N2S. The topological polar surface area (TPSA) is 29.3 Å². The van der Waals surface area contributed by atoms with Crippen LogP contribution < -0.4 is 5.73 Å². The maximum Gasteiger partial charge on any atom is 0.0902 e. The highest BCUT2D eigenvalue weighted by Gasteiger charge is 2.34. The van der Waals surface area contributed by atoms with Crippen molar-refractivity contribution >= 4 is 17.2 Å². The van der Waals surface area contributed by atoms with Gasteiger partial charge in [0.05, 0.1) is 11.0 Å². The van der Waals surface area contributed by atoms with E-state index in [4.69, 9.17) is 18.0 Å². The molecule has 1 saturated carbocycles. The Hall–Kier alpha value is -0.150. The molecule has 2 aliphatic rings. The van der Waals surface area contributed by atoms with E-state index in [1.807, 2.05) is 0 Å². The van der Waals surface area contributed by atoms with Gasteiger partial charge in [0.25, 0.3) is 0 Å². The largest absolute Gasteiger partial charge is 0.392 e. The van der Waals surface area contributed by atoms with Gasteiger partial charge in [0.15, 0.2) is 0 Å². The molecule has 98 valence electrons. The van der Waals surface area contributed by atoms with Crippen LogP contribution in [0.3, 0.4) is 0 Å². The highest BCUT2D eigenvalue weighted by molar-refractivity contribution is 7.80. The maximum absolute atomic E-state index is 5.92. The molecule has 1 aliphatic carbocycles. The summed E-state index contributed by atoms with van der Waals surface area (Å²) in [5.41, 5.74) is 5.92. The van der Waals surface area contributed by atoms with Crippen molar-refractivity contribution < 1.29 is 0 Å². The first-order chi connectivity index (χ1) is 8.08. The van der Waals surface area contributed by atoms with Gasteiger partial charge in [0.2, 0.25) is 0 Å². The lowest BCUT2D eigenvalue weighted by molar-refractivity contribution is 0.0722. The number of likely N-dealkylation sites (tertiary alicyclic amines) is 1. The number of nitrogens with two attached hydrogens (primary N) is 1. The molecule has 1 heterocycles. The second-order valence-corrected chi connectivity index (χ2v) is 6.69. The Bertz CT molecular complexity index is 269. The van der Waals surface area contributed by atoms with Gasteiger partial charge in [-0.15, -0.1) is 0 Å². The van der Waals surface area contributed by atoms with E-state index in [1.165, 1.54) is 45.1 Å². The van der Waals surface area contributed by atoms with Crippen molar-refractivity contribution in [3.05, 3.63) is 0 Å². The molecule has 2 rings (SSSR count). The van der Waals surface area contributed by atoms with Crippen LogP contribution in [0, 0.1) is 11.8 Å². The first-order valence-electron chi connectivity index (χ1n) is 7.13. The molecule has 1 saturated heterocycles. The monoisotopic (exact) mass is 254 g/mol. The first kappa shape index (κ1) is 13.3. The lowest BCUT2D eigenvalue weighted by atomic mass is 9.78. The molecule has 0 amide bonds. The molecule has 0 aromatic carbocycles. The molecule has 2 nitrogen and oxygen atoms in total. The van der Waals surface area contributed by atoms with Crippen LogP contribution in [-0.4, -0.2) is 28.5 Å². The van der Waals surface area contributed by atoms with E-state index in [9.17, 15) is 0 Å². The van der Waals surface area contributed by atoms with E-state index in [1.54, 1.807) is 0 Å². The number of nitrogens with zero attached hydrogens (tertiary/aromatic N) is 1. The van der Waals surface area contributed by atoms with E-state index >= 15 is 0 Å². The van der Waals surface area contributed by atoms with Gasteiger partial charge >= 0.3 is 0 Å². The highest BCUT2D eigenvalue weighted by Crippen LogP contribution is 2.34. The third-order valence-corrected chi connectivity index (χ3v) is 4.77. The molecule has 0 bridgehead atoms. The number of thiocarbonyl (C=S) groups is 1. The van der Waals surface area contributed by atoms with Crippen LogP contribution in [0.15, 0.2) is 0 Å². The fourth-order valence-electron chi connectivity index (χ4n) is 3.87. The molecule has 2 N–H and O–H groups in total. The second kappa shape index (κ2) is 5.66. The minimum atomic E-state index is 0.376. The van der Waals surface area contributed by atoms with Gasteiger partial charge in [0.1, 0.15) is 0 Å². The van der Waals surface area contributed by atoms with Crippen molar-refractivity contribution in [2.45, 2.75) is 64.5 Å². The van der Waals surface area contributed by atoms with Crippen molar-refractivity contribution in [3.8, 4) is 0 Å². The van der Waals surface area contributed by atoms with E-state index in [0.29, 0.717) is 6.04 Å². The van der Waals surface area contributed by atoms with Crippen molar-refractivity contribution in [3.63, 3.8) is 0 Å². The molecule has 0 aromatic heterocycles. The van der Waals surface area contributed by atoms with Crippen LogP contribution in [0.4, 0.5) is 0 Å². The molecule has 0 spiro atoms. The Morgan fingerprint density at radius 3 is 2.35 bits per heavy atom. The predicted octanol–water partition coefficient (Wildman–Crippen LogP) is 2.95. The quantitative estimate of drug-likeness (QED) is 0.768. The fraction of sp³-hybridized carbons (Fsp3) is 0.929. The highest BCUT2D eigenvalue weighted by atomic mass is 32.1. The van der Waals surface area contributed by atoms with Crippen LogP contribution >= 0.6 is 12.2 Å². The SMILES string of the molecule is CC1CC(C)CC(N2CCCCC2C(N)=S)C1. The van der Waals surface area contributed by atoms with Crippen molar-refractivity contribution in [2.24, 2.45) is 17.6 Å². The molecule has 3 unspecified atom stereocenters. The Morgan fingerprint density at radius 1 is 1.12 bits per heavy atom. The Balaban J connectivity index is 2.05. The summed E-state index contributed by atoms with van der Waals surface area (Å²) in [6, 6.07) is 1.10. The van der Waals surface area contributed by atoms with Crippen molar-refractivity contribution in [2.75, 3.05) is 6.54 Å². The predicted molar refractivity (Wildman–Crippen MR) is 77.1 cm³/mol. The maximum atomic E-state index is 5.92. The van der Waals surface area contributed by atoms with Crippen molar-refractivity contribution in [1.82, 2.24) is 4.90 Å². The number of rotatable bonds is 2. The lowest BCUT2D eigenvalue weighted by Gasteiger charge is -2.45.